The lowest BCUT2D eigenvalue weighted by Gasteiger charge is -2.15. The van der Waals surface area contributed by atoms with Gasteiger partial charge in [-0.15, -0.1) is 21.5 Å². The minimum Gasteiger partial charge on any atom is -0.494 e. The second-order valence-electron chi connectivity index (χ2n) is 10.1. The molecule has 2 amide bonds. The number of aromatic nitrogens is 3. The van der Waals surface area contributed by atoms with Gasteiger partial charge in [0.15, 0.2) is 17.6 Å². The minimum absolute atomic E-state index is 0.0853. The highest BCUT2D eigenvalue weighted by Gasteiger charge is 2.30. The van der Waals surface area contributed by atoms with E-state index < -0.39 is 11.2 Å². The Kier molecular flexibility index (Phi) is 10.7. The Morgan fingerprint density at radius 3 is 2.47 bits per heavy atom. The predicted octanol–water partition coefficient (Wildman–Crippen LogP) is 5.21. The number of carbonyl (C=O) groups is 3. The van der Waals surface area contributed by atoms with Crippen molar-refractivity contribution in [3.8, 4) is 17.2 Å². The number of nitrogens with one attached hydrogen (secondary N) is 2. The van der Waals surface area contributed by atoms with Crippen molar-refractivity contribution < 1.29 is 28.6 Å². The third-order valence-electron chi connectivity index (χ3n) is 6.95. The number of hydrogen-bond acceptors (Lipinski definition) is 10. The van der Waals surface area contributed by atoms with Crippen LogP contribution in [0.2, 0.25) is 0 Å². The highest BCUT2D eigenvalue weighted by Crippen LogP contribution is 2.40. The monoisotopic (exact) mass is 649 g/mol. The number of para-hydroxylation sites is 1. The van der Waals surface area contributed by atoms with Crippen LogP contribution in [-0.2, 0) is 33.7 Å². The molecule has 0 spiro atoms. The van der Waals surface area contributed by atoms with Gasteiger partial charge in [-0.3, -0.25) is 14.2 Å². The topological polar surface area (TPSA) is 134 Å². The third-order valence-corrected chi connectivity index (χ3v) is 9.20. The molecular formula is C32H35N5O6S2. The number of ether oxygens (including phenoxy) is 3. The van der Waals surface area contributed by atoms with Gasteiger partial charge in [0.2, 0.25) is 5.91 Å². The number of fused-ring (bicyclic) bond motifs is 1. The maximum Gasteiger partial charge on any atom is 0.341 e. The first-order valence-corrected chi connectivity index (χ1v) is 16.5. The van der Waals surface area contributed by atoms with Crippen molar-refractivity contribution >= 4 is 45.9 Å². The van der Waals surface area contributed by atoms with Crippen molar-refractivity contribution in [3.05, 3.63) is 76.4 Å². The van der Waals surface area contributed by atoms with Crippen LogP contribution in [0.5, 0.6) is 11.5 Å². The van der Waals surface area contributed by atoms with E-state index in [1.54, 1.807) is 30.5 Å². The second kappa shape index (κ2) is 15.1. The molecule has 1 aliphatic rings. The van der Waals surface area contributed by atoms with Crippen LogP contribution >= 0.6 is 23.1 Å². The van der Waals surface area contributed by atoms with E-state index in [9.17, 15) is 14.4 Å². The van der Waals surface area contributed by atoms with Crippen molar-refractivity contribution in [2.24, 2.45) is 0 Å². The lowest BCUT2D eigenvalue weighted by Crippen LogP contribution is -2.29. The van der Waals surface area contributed by atoms with Gasteiger partial charge >= 0.3 is 5.97 Å². The molecule has 0 saturated heterocycles. The number of rotatable bonds is 14. The summed E-state index contributed by atoms with van der Waals surface area (Å²) in [7, 11) is 0. The molecule has 0 unspecified atom stereocenters. The largest absolute Gasteiger partial charge is 0.494 e. The van der Waals surface area contributed by atoms with Gasteiger partial charge in [-0.1, -0.05) is 30.0 Å². The summed E-state index contributed by atoms with van der Waals surface area (Å²) in [6.45, 7) is 6.17. The van der Waals surface area contributed by atoms with Crippen molar-refractivity contribution in [2.75, 3.05) is 25.1 Å². The molecule has 0 bridgehead atoms. The van der Waals surface area contributed by atoms with Crippen molar-refractivity contribution in [1.29, 1.82) is 0 Å². The molecule has 45 heavy (non-hydrogen) atoms. The van der Waals surface area contributed by atoms with Gasteiger partial charge in [-0.2, -0.15) is 0 Å². The molecule has 0 radical (unpaired) electrons. The van der Waals surface area contributed by atoms with Crippen LogP contribution < -0.4 is 20.1 Å². The first-order chi connectivity index (χ1) is 21.9. The van der Waals surface area contributed by atoms with Crippen molar-refractivity contribution in [3.63, 3.8) is 0 Å². The van der Waals surface area contributed by atoms with Crippen LogP contribution in [0.4, 0.5) is 5.00 Å². The minimum atomic E-state index is -0.593. The van der Waals surface area contributed by atoms with Gasteiger partial charge in [-0.25, -0.2) is 4.79 Å². The number of aryl methyl sites for hydroxylation is 1. The molecule has 1 aliphatic carbocycles. The molecule has 5 rings (SSSR count). The van der Waals surface area contributed by atoms with E-state index in [4.69, 9.17) is 14.2 Å². The molecule has 2 N–H and O–H groups in total. The Hall–Kier alpha value is -4.36. The summed E-state index contributed by atoms with van der Waals surface area (Å²) >= 11 is 2.66. The van der Waals surface area contributed by atoms with Crippen LogP contribution in [0.3, 0.4) is 0 Å². The zero-order chi connectivity index (χ0) is 31.8. The van der Waals surface area contributed by atoms with Gasteiger partial charge in [0, 0.05) is 10.6 Å². The molecule has 13 heteroatoms. The van der Waals surface area contributed by atoms with E-state index >= 15 is 0 Å². The van der Waals surface area contributed by atoms with Gasteiger partial charge in [0.05, 0.1) is 30.6 Å². The fourth-order valence-corrected chi connectivity index (χ4v) is 7.01. The third kappa shape index (κ3) is 7.84. The lowest BCUT2D eigenvalue weighted by molar-refractivity contribution is -0.123. The highest BCUT2D eigenvalue weighted by atomic mass is 32.2. The summed E-state index contributed by atoms with van der Waals surface area (Å²) in [4.78, 5) is 39.9. The standard InChI is InChI=1S/C32H35N5O6S2/c1-4-41-23-16-14-21(15-17-23)37-26(18-33-27(38)19-43-22-10-7-6-8-11-22)35-36-32(37)44-20(3)29(39)34-30-28(31(40)42-5-2)24-12-9-13-25(24)45-30/h6-8,10-11,14-17,20H,4-5,9,12-13,18-19H2,1-3H3,(H,33,38)(H,34,39)/t20-/m1/s1. The maximum atomic E-state index is 13.4. The summed E-state index contributed by atoms with van der Waals surface area (Å²) in [5, 5.41) is 14.9. The van der Waals surface area contributed by atoms with E-state index in [1.165, 1.54) is 23.1 Å². The molecule has 236 valence electrons. The number of hydrogen-bond donors (Lipinski definition) is 2. The quantitative estimate of drug-likeness (QED) is 0.140. The summed E-state index contributed by atoms with van der Waals surface area (Å²) in [5.41, 5.74) is 2.18. The van der Waals surface area contributed by atoms with Crippen LogP contribution in [0.1, 0.15) is 53.8 Å². The molecule has 2 aromatic carbocycles. The van der Waals surface area contributed by atoms with E-state index in [0.29, 0.717) is 39.7 Å². The Morgan fingerprint density at radius 2 is 1.73 bits per heavy atom. The number of nitrogens with zero attached hydrogens (tertiary/aromatic N) is 3. The predicted molar refractivity (Wildman–Crippen MR) is 173 cm³/mol. The fraction of sp³-hybridized carbons (Fsp3) is 0.344. The van der Waals surface area contributed by atoms with Crippen LogP contribution in [-0.4, -0.2) is 57.6 Å². The van der Waals surface area contributed by atoms with Crippen LogP contribution in [0, 0.1) is 0 Å². The summed E-state index contributed by atoms with van der Waals surface area (Å²) in [6.07, 6.45) is 2.66. The molecule has 4 aromatic rings. The van der Waals surface area contributed by atoms with Crippen molar-refractivity contribution in [1.82, 2.24) is 20.1 Å². The molecule has 0 fully saturated rings. The Morgan fingerprint density at radius 1 is 0.978 bits per heavy atom. The first-order valence-electron chi connectivity index (χ1n) is 14.8. The SMILES string of the molecule is CCOC(=O)c1c(NC(=O)[C@@H](C)Sc2nnc(CNC(=O)COc3ccccc3)n2-c2ccc(OCC)cc2)sc2c1CCC2. The van der Waals surface area contributed by atoms with Gasteiger partial charge < -0.3 is 24.8 Å². The molecular weight excluding hydrogens is 615 g/mol. The highest BCUT2D eigenvalue weighted by molar-refractivity contribution is 8.00. The smallest absolute Gasteiger partial charge is 0.341 e. The van der Waals surface area contributed by atoms with Gasteiger partial charge in [-0.05, 0) is 82.0 Å². The fourth-order valence-electron chi connectivity index (χ4n) is 4.84. The van der Waals surface area contributed by atoms with E-state index in [2.05, 4.69) is 20.8 Å². The molecule has 0 saturated carbocycles. The zero-order valence-corrected chi connectivity index (χ0v) is 27.0. The Balaban J connectivity index is 1.32. The number of thioether (sulfide) groups is 1. The number of esters is 1. The number of anilines is 1. The average molecular weight is 650 g/mol. The Labute approximate surface area is 269 Å². The molecule has 2 aromatic heterocycles. The number of amides is 2. The molecule has 1 atom stereocenters. The van der Waals surface area contributed by atoms with Gasteiger partial charge in [0.1, 0.15) is 16.5 Å². The lowest BCUT2D eigenvalue weighted by atomic mass is 10.1. The summed E-state index contributed by atoms with van der Waals surface area (Å²) < 4.78 is 18.2. The van der Waals surface area contributed by atoms with E-state index in [-0.39, 0.29) is 31.6 Å². The average Bonchev–Trinajstić information content (AvgIpc) is 3.75. The zero-order valence-electron chi connectivity index (χ0n) is 25.3. The van der Waals surface area contributed by atoms with E-state index in [1.807, 2.05) is 49.4 Å². The van der Waals surface area contributed by atoms with Crippen LogP contribution in [0.15, 0.2) is 59.8 Å². The van der Waals surface area contributed by atoms with E-state index in [0.717, 1.165) is 35.4 Å². The van der Waals surface area contributed by atoms with Crippen LogP contribution in [0.25, 0.3) is 5.69 Å². The Bertz CT molecular complexity index is 1640. The first kappa shape index (κ1) is 32.0. The molecule has 2 heterocycles. The maximum absolute atomic E-state index is 13.4. The van der Waals surface area contributed by atoms with Crippen molar-refractivity contribution in [2.45, 2.75) is 57.0 Å². The second-order valence-corrected chi connectivity index (χ2v) is 12.5. The summed E-state index contributed by atoms with van der Waals surface area (Å²) in [5.74, 6) is 0.772. The van der Waals surface area contributed by atoms with Gasteiger partial charge in [0.25, 0.3) is 5.91 Å². The normalized spacial score (nSPS) is 12.7. The number of thiophene rings is 1. The number of benzene rings is 2. The number of carbonyl (C=O) groups excluding carboxylic acids is 3. The molecule has 11 nitrogen and oxygen atoms in total. The molecule has 0 aliphatic heterocycles. The summed E-state index contributed by atoms with van der Waals surface area (Å²) in [6, 6.07) is 16.5.